The zero-order valence-electron chi connectivity index (χ0n) is 39.2. The molecule has 0 aliphatic rings. The highest BCUT2D eigenvalue weighted by Gasteiger charge is 2.19. The lowest BCUT2D eigenvalue weighted by molar-refractivity contribution is -0.167. The molecule has 0 aliphatic heterocycles. The smallest absolute Gasteiger partial charge is 0.306 e. The lowest BCUT2D eigenvalue weighted by Gasteiger charge is -2.18. The van der Waals surface area contributed by atoms with Crippen molar-refractivity contribution in [3.63, 3.8) is 0 Å². The Bertz CT molecular complexity index is 1140. The molecule has 0 fully saturated rings. The van der Waals surface area contributed by atoms with Gasteiger partial charge in [-0.3, -0.25) is 14.4 Å². The number of hydrogen-bond donors (Lipinski definition) is 0. The largest absolute Gasteiger partial charge is 0.462 e. The van der Waals surface area contributed by atoms with Crippen molar-refractivity contribution in [2.24, 2.45) is 0 Å². The van der Waals surface area contributed by atoms with Gasteiger partial charge in [0.1, 0.15) is 13.2 Å². The average molecular weight is 837 g/mol. The second-order valence-corrected chi connectivity index (χ2v) is 16.3. The second-order valence-electron chi connectivity index (χ2n) is 16.3. The van der Waals surface area contributed by atoms with Crippen LogP contribution in [0.3, 0.4) is 0 Å². The molecule has 0 radical (unpaired) electrons. The Morgan fingerprint density at radius 2 is 0.667 bits per heavy atom. The van der Waals surface area contributed by atoms with Gasteiger partial charge in [-0.05, 0) is 83.5 Å². The van der Waals surface area contributed by atoms with E-state index in [1.54, 1.807) is 0 Å². The van der Waals surface area contributed by atoms with Gasteiger partial charge in [0.05, 0.1) is 0 Å². The number of ether oxygens (including phenoxy) is 3. The van der Waals surface area contributed by atoms with Crippen molar-refractivity contribution in [2.45, 2.75) is 239 Å². The molecule has 0 rings (SSSR count). The van der Waals surface area contributed by atoms with Crippen LogP contribution in [0.1, 0.15) is 233 Å². The Morgan fingerprint density at radius 1 is 0.350 bits per heavy atom. The predicted molar refractivity (Wildman–Crippen MR) is 256 cm³/mol. The lowest BCUT2D eigenvalue weighted by atomic mass is 10.0. The van der Waals surface area contributed by atoms with E-state index in [2.05, 4.69) is 93.7 Å². The Balaban J connectivity index is 4.47. The van der Waals surface area contributed by atoms with Crippen LogP contribution in [0.5, 0.6) is 0 Å². The summed E-state index contributed by atoms with van der Waals surface area (Å²) in [4.78, 5) is 37.9. The number of hydrogen-bond acceptors (Lipinski definition) is 6. The summed E-state index contributed by atoms with van der Waals surface area (Å²) < 4.78 is 16.7. The van der Waals surface area contributed by atoms with Crippen LogP contribution in [0, 0.1) is 0 Å². The molecule has 0 aromatic carbocycles. The van der Waals surface area contributed by atoms with Crippen LogP contribution >= 0.6 is 0 Å². The molecule has 6 heteroatoms. The summed E-state index contributed by atoms with van der Waals surface area (Å²) in [6, 6.07) is 0. The maximum absolute atomic E-state index is 12.8. The van der Waals surface area contributed by atoms with Gasteiger partial charge < -0.3 is 14.2 Å². The summed E-state index contributed by atoms with van der Waals surface area (Å²) >= 11 is 0. The average Bonchev–Trinajstić information content (AvgIpc) is 3.24. The van der Waals surface area contributed by atoms with Gasteiger partial charge >= 0.3 is 17.9 Å². The molecule has 0 saturated carbocycles. The van der Waals surface area contributed by atoms with Crippen molar-refractivity contribution >= 4 is 17.9 Å². The Morgan fingerprint density at radius 3 is 1.13 bits per heavy atom. The van der Waals surface area contributed by atoms with E-state index < -0.39 is 6.10 Å². The minimum absolute atomic E-state index is 0.0961. The third-order valence-corrected chi connectivity index (χ3v) is 10.4. The molecule has 0 heterocycles. The third kappa shape index (κ3) is 45.9. The summed E-state index contributed by atoms with van der Waals surface area (Å²) in [5.41, 5.74) is 0. The maximum Gasteiger partial charge on any atom is 0.306 e. The second kappa shape index (κ2) is 48.5. The van der Waals surface area contributed by atoms with Crippen LogP contribution in [0.2, 0.25) is 0 Å². The zero-order valence-corrected chi connectivity index (χ0v) is 39.2. The first-order valence-electron chi connectivity index (χ1n) is 24.9. The Hall–Kier alpha value is -3.15. The van der Waals surface area contributed by atoms with E-state index in [1.165, 1.54) is 103 Å². The van der Waals surface area contributed by atoms with Gasteiger partial charge in [0.15, 0.2) is 6.10 Å². The van der Waals surface area contributed by atoms with Crippen LogP contribution in [0.25, 0.3) is 0 Å². The number of carbonyl (C=O) groups is 3. The fourth-order valence-electron chi connectivity index (χ4n) is 6.71. The lowest BCUT2D eigenvalue weighted by Crippen LogP contribution is -2.30. The molecule has 1 unspecified atom stereocenters. The van der Waals surface area contributed by atoms with Crippen molar-refractivity contribution in [1.82, 2.24) is 0 Å². The number of unbranched alkanes of at least 4 members (excludes halogenated alkanes) is 21. The van der Waals surface area contributed by atoms with Crippen LogP contribution in [0.4, 0.5) is 0 Å². The zero-order chi connectivity index (χ0) is 43.7. The molecule has 6 nitrogen and oxygen atoms in total. The SMILES string of the molecule is CC/C=C\C/C=C\C/C=C\C/C=C\C/C=C\CCCC(=O)OCC(COC(=O)CCCCCCC/C=C\CCCCC)OC(=O)CCCCCCCCCCCCCCC. The molecular weight excluding hydrogens is 745 g/mol. The fourth-order valence-corrected chi connectivity index (χ4v) is 6.71. The van der Waals surface area contributed by atoms with E-state index in [0.717, 1.165) is 83.5 Å². The van der Waals surface area contributed by atoms with Gasteiger partial charge in [-0.1, -0.05) is 203 Å². The topological polar surface area (TPSA) is 78.9 Å². The first kappa shape index (κ1) is 56.9. The molecule has 0 saturated heterocycles. The van der Waals surface area contributed by atoms with E-state index in [9.17, 15) is 14.4 Å². The van der Waals surface area contributed by atoms with E-state index in [-0.39, 0.29) is 37.5 Å². The Kier molecular flexibility index (Phi) is 46.0. The van der Waals surface area contributed by atoms with Gasteiger partial charge in [0.25, 0.3) is 0 Å². The van der Waals surface area contributed by atoms with Crippen LogP contribution in [-0.4, -0.2) is 37.2 Å². The van der Waals surface area contributed by atoms with Crippen molar-refractivity contribution in [2.75, 3.05) is 13.2 Å². The summed E-state index contributed by atoms with van der Waals surface area (Å²) in [6.07, 6.45) is 60.3. The molecular formula is C54H92O6. The van der Waals surface area contributed by atoms with Gasteiger partial charge in [-0.15, -0.1) is 0 Å². The number of rotatable bonds is 44. The molecule has 0 aromatic rings. The predicted octanol–water partition coefficient (Wildman–Crippen LogP) is 16.3. The number of carbonyl (C=O) groups excluding carboxylic acids is 3. The van der Waals surface area contributed by atoms with Crippen molar-refractivity contribution in [3.8, 4) is 0 Å². The molecule has 1 atom stereocenters. The first-order valence-corrected chi connectivity index (χ1v) is 24.9. The molecule has 60 heavy (non-hydrogen) atoms. The number of esters is 3. The summed E-state index contributed by atoms with van der Waals surface area (Å²) in [5, 5.41) is 0. The maximum atomic E-state index is 12.8. The van der Waals surface area contributed by atoms with E-state index in [0.29, 0.717) is 19.3 Å². The summed E-state index contributed by atoms with van der Waals surface area (Å²) in [6.45, 7) is 6.44. The van der Waals surface area contributed by atoms with Crippen LogP contribution < -0.4 is 0 Å². The quantitative estimate of drug-likeness (QED) is 0.0263. The van der Waals surface area contributed by atoms with Crippen LogP contribution in [0.15, 0.2) is 72.9 Å². The van der Waals surface area contributed by atoms with Gasteiger partial charge in [-0.2, -0.15) is 0 Å². The van der Waals surface area contributed by atoms with Gasteiger partial charge in [0.2, 0.25) is 0 Å². The Labute approximate surface area is 370 Å². The summed E-state index contributed by atoms with van der Waals surface area (Å²) in [7, 11) is 0. The monoisotopic (exact) mass is 837 g/mol. The van der Waals surface area contributed by atoms with E-state index in [1.807, 2.05) is 0 Å². The molecule has 0 aliphatic carbocycles. The number of allylic oxidation sites excluding steroid dienone is 12. The highest BCUT2D eigenvalue weighted by molar-refractivity contribution is 5.71. The molecule has 0 aromatic heterocycles. The van der Waals surface area contributed by atoms with E-state index in [4.69, 9.17) is 14.2 Å². The van der Waals surface area contributed by atoms with Crippen molar-refractivity contribution in [3.05, 3.63) is 72.9 Å². The highest BCUT2D eigenvalue weighted by atomic mass is 16.6. The molecule has 0 spiro atoms. The third-order valence-electron chi connectivity index (χ3n) is 10.4. The van der Waals surface area contributed by atoms with E-state index >= 15 is 0 Å². The minimum atomic E-state index is -0.798. The molecule has 0 amide bonds. The van der Waals surface area contributed by atoms with Gasteiger partial charge in [0, 0.05) is 19.3 Å². The first-order chi connectivity index (χ1) is 29.5. The fraction of sp³-hybridized carbons (Fsp3) is 0.722. The molecule has 344 valence electrons. The standard InChI is InChI=1S/C54H92O6/c1-4-7-10-13-16-19-22-25-26-27-28-30-32-35-38-41-44-47-53(56)59-50-51(49-58-52(55)46-43-40-37-34-31-24-21-18-15-12-9-6-3)60-54(57)48-45-42-39-36-33-29-23-20-17-14-11-8-5-2/h7,10,16,18-19,21,25-26,28,30,35,38,51H,4-6,8-9,11-15,17,20,22-24,27,29,31-34,36-37,39-50H2,1-3H3/b10-7-,19-16-,21-18-,26-25-,30-28-,38-35-. The van der Waals surface area contributed by atoms with Crippen molar-refractivity contribution < 1.29 is 28.6 Å². The van der Waals surface area contributed by atoms with Crippen molar-refractivity contribution in [1.29, 1.82) is 0 Å². The van der Waals surface area contributed by atoms with Crippen LogP contribution in [-0.2, 0) is 28.6 Å². The highest BCUT2D eigenvalue weighted by Crippen LogP contribution is 2.14. The van der Waals surface area contributed by atoms with Gasteiger partial charge in [-0.25, -0.2) is 0 Å². The molecule has 0 N–H and O–H groups in total. The molecule has 0 bridgehead atoms. The normalized spacial score (nSPS) is 12.7. The minimum Gasteiger partial charge on any atom is -0.462 e. The summed E-state index contributed by atoms with van der Waals surface area (Å²) in [5.74, 6) is -0.964.